The Balaban J connectivity index is 1.61. The molecular weight excluding hydrogens is 412 g/mol. The van der Waals surface area contributed by atoms with Gasteiger partial charge in [0, 0.05) is 32.2 Å². The summed E-state index contributed by atoms with van der Waals surface area (Å²) in [4.78, 5) is 14.3. The van der Waals surface area contributed by atoms with E-state index in [0.29, 0.717) is 48.8 Å². The fraction of sp³-hybridized carbons (Fsp3) is 0.381. The highest BCUT2D eigenvalue weighted by Gasteiger charge is 2.26. The zero-order chi connectivity index (χ0) is 21.0. The molecule has 1 saturated heterocycles. The van der Waals surface area contributed by atoms with Crippen LogP contribution < -0.4 is 4.74 Å². The van der Waals surface area contributed by atoms with Crippen molar-refractivity contribution in [2.45, 2.75) is 25.5 Å². The Morgan fingerprint density at radius 3 is 2.41 bits per heavy atom. The lowest BCUT2D eigenvalue weighted by Gasteiger charge is -2.30. The van der Waals surface area contributed by atoms with Gasteiger partial charge in [0.15, 0.2) is 0 Å². The van der Waals surface area contributed by atoms with Crippen LogP contribution in [0.15, 0.2) is 48.5 Å². The lowest BCUT2D eigenvalue weighted by molar-refractivity contribution is 0.0785. The Morgan fingerprint density at radius 1 is 1.17 bits per heavy atom. The SMILES string of the molecule is CN(Cc1ccccc1)C(=O)c1ccc(OC2CCN(S(C)(=O)=O)CC2)c(Cl)c1. The van der Waals surface area contributed by atoms with E-state index in [1.807, 2.05) is 30.3 Å². The Hall–Kier alpha value is -2.09. The van der Waals surface area contributed by atoms with Crippen LogP contribution in [-0.4, -0.2) is 56.0 Å². The van der Waals surface area contributed by atoms with Gasteiger partial charge in [0.05, 0.1) is 11.3 Å². The first kappa shape index (κ1) is 21.6. The summed E-state index contributed by atoms with van der Waals surface area (Å²) in [5, 5.41) is 0.370. The molecule has 0 aromatic heterocycles. The number of hydrogen-bond donors (Lipinski definition) is 0. The van der Waals surface area contributed by atoms with Gasteiger partial charge in [-0.15, -0.1) is 0 Å². The molecule has 1 heterocycles. The number of nitrogens with zero attached hydrogens (tertiary/aromatic N) is 2. The van der Waals surface area contributed by atoms with Crippen LogP contribution in [0.2, 0.25) is 5.02 Å². The number of amides is 1. The van der Waals surface area contributed by atoms with Crippen molar-refractivity contribution >= 4 is 27.5 Å². The predicted molar refractivity (Wildman–Crippen MR) is 114 cm³/mol. The summed E-state index contributed by atoms with van der Waals surface area (Å²) in [6.45, 7) is 1.37. The summed E-state index contributed by atoms with van der Waals surface area (Å²) in [5.41, 5.74) is 1.54. The highest BCUT2D eigenvalue weighted by Crippen LogP contribution is 2.29. The molecule has 1 fully saturated rings. The smallest absolute Gasteiger partial charge is 0.253 e. The standard InChI is InChI=1S/C21H25ClN2O4S/c1-23(15-16-6-4-3-5-7-16)21(25)17-8-9-20(19(22)14-17)28-18-10-12-24(13-11-18)29(2,26)27/h3-9,14,18H,10-13,15H2,1-2H3. The maximum absolute atomic E-state index is 12.7. The number of piperidine rings is 1. The van der Waals surface area contributed by atoms with Crippen LogP contribution in [0.5, 0.6) is 5.75 Å². The van der Waals surface area contributed by atoms with Gasteiger partial charge in [-0.1, -0.05) is 41.9 Å². The molecule has 2 aromatic carbocycles. The van der Waals surface area contributed by atoms with Crippen molar-refractivity contribution in [1.82, 2.24) is 9.21 Å². The molecule has 0 atom stereocenters. The van der Waals surface area contributed by atoms with Crippen LogP contribution in [0.1, 0.15) is 28.8 Å². The lowest BCUT2D eigenvalue weighted by atomic mass is 10.1. The van der Waals surface area contributed by atoms with Crippen LogP contribution in [-0.2, 0) is 16.6 Å². The van der Waals surface area contributed by atoms with Gasteiger partial charge in [0.2, 0.25) is 10.0 Å². The average Bonchev–Trinajstić information content (AvgIpc) is 2.69. The van der Waals surface area contributed by atoms with E-state index in [1.165, 1.54) is 10.6 Å². The fourth-order valence-corrected chi connectivity index (χ4v) is 4.44. The van der Waals surface area contributed by atoms with E-state index >= 15 is 0 Å². The normalized spacial score (nSPS) is 15.8. The number of rotatable bonds is 6. The zero-order valence-electron chi connectivity index (χ0n) is 16.5. The highest BCUT2D eigenvalue weighted by molar-refractivity contribution is 7.88. The molecule has 0 N–H and O–H groups in total. The van der Waals surface area contributed by atoms with Gasteiger partial charge in [-0.3, -0.25) is 4.79 Å². The second kappa shape index (κ2) is 9.15. The first-order valence-corrected chi connectivity index (χ1v) is 11.7. The number of halogens is 1. The monoisotopic (exact) mass is 436 g/mol. The van der Waals surface area contributed by atoms with Crippen molar-refractivity contribution in [3.05, 3.63) is 64.7 Å². The summed E-state index contributed by atoms with van der Waals surface area (Å²) in [5.74, 6) is 0.385. The summed E-state index contributed by atoms with van der Waals surface area (Å²) in [6.07, 6.45) is 2.32. The van der Waals surface area contributed by atoms with Crippen molar-refractivity contribution in [3.63, 3.8) is 0 Å². The van der Waals surface area contributed by atoms with Crippen LogP contribution in [0.4, 0.5) is 0 Å². The van der Waals surface area contributed by atoms with Gasteiger partial charge < -0.3 is 9.64 Å². The number of sulfonamides is 1. The lowest BCUT2D eigenvalue weighted by Crippen LogP contribution is -2.41. The summed E-state index contributed by atoms with van der Waals surface area (Å²) in [6, 6.07) is 14.8. The summed E-state index contributed by atoms with van der Waals surface area (Å²) < 4.78 is 30.6. The molecule has 0 unspecified atom stereocenters. The minimum Gasteiger partial charge on any atom is -0.489 e. The van der Waals surface area contributed by atoms with Crippen LogP contribution in [0, 0.1) is 0 Å². The van der Waals surface area contributed by atoms with Crippen molar-refractivity contribution in [1.29, 1.82) is 0 Å². The number of carbonyl (C=O) groups is 1. The average molecular weight is 437 g/mol. The van der Waals surface area contributed by atoms with Crippen molar-refractivity contribution in [2.24, 2.45) is 0 Å². The van der Waals surface area contributed by atoms with Gasteiger partial charge in [-0.25, -0.2) is 12.7 Å². The minimum atomic E-state index is -3.17. The van der Waals surface area contributed by atoms with E-state index in [4.69, 9.17) is 16.3 Å². The van der Waals surface area contributed by atoms with E-state index in [0.717, 1.165) is 5.56 Å². The van der Waals surface area contributed by atoms with E-state index in [1.54, 1.807) is 30.1 Å². The topological polar surface area (TPSA) is 66.9 Å². The third-order valence-corrected chi connectivity index (χ3v) is 6.55. The summed E-state index contributed by atoms with van der Waals surface area (Å²) >= 11 is 6.36. The molecule has 1 aliphatic rings. The van der Waals surface area contributed by atoms with Gasteiger partial charge in [0.1, 0.15) is 11.9 Å². The molecule has 29 heavy (non-hydrogen) atoms. The molecule has 1 amide bonds. The minimum absolute atomic E-state index is 0.104. The van der Waals surface area contributed by atoms with E-state index in [9.17, 15) is 13.2 Å². The molecule has 8 heteroatoms. The molecule has 156 valence electrons. The van der Waals surface area contributed by atoms with Gasteiger partial charge in [-0.05, 0) is 36.6 Å². The highest BCUT2D eigenvalue weighted by atomic mass is 35.5. The van der Waals surface area contributed by atoms with Gasteiger partial charge in [-0.2, -0.15) is 0 Å². The molecular formula is C21H25ClN2O4S. The molecule has 0 saturated carbocycles. The van der Waals surface area contributed by atoms with Crippen molar-refractivity contribution < 1.29 is 17.9 Å². The zero-order valence-corrected chi connectivity index (χ0v) is 18.1. The van der Waals surface area contributed by atoms with E-state index in [2.05, 4.69) is 0 Å². The Morgan fingerprint density at radius 2 is 1.83 bits per heavy atom. The predicted octanol–water partition coefficient (Wildman–Crippen LogP) is 3.42. The van der Waals surface area contributed by atoms with E-state index < -0.39 is 10.0 Å². The Bertz CT molecular complexity index is 958. The van der Waals surface area contributed by atoms with Crippen molar-refractivity contribution in [2.75, 3.05) is 26.4 Å². The first-order valence-electron chi connectivity index (χ1n) is 9.45. The number of carbonyl (C=O) groups excluding carboxylic acids is 1. The second-order valence-corrected chi connectivity index (χ2v) is 9.66. The van der Waals surface area contributed by atoms with Crippen molar-refractivity contribution in [3.8, 4) is 5.75 Å². The quantitative estimate of drug-likeness (QED) is 0.695. The maximum Gasteiger partial charge on any atom is 0.253 e. The number of hydrogen-bond acceptors (Lipinski definition) is 4. The molecule has 0 spiro atoms. The molecule has 0 radical (unpaired) electrons. The fourth-order valence-electron chi connectivity index (χ4n) is 3.34. The molecule has 0 bridgehead atoms. The maximum atomic E-state index is 12.7. The molecule has 6 nitrogen and oxygen atoms in total. The first-order chi connectivity index (χ1) is 13.7. The van der Waals surface area contributed by atoms with Crippen LogP contribution >= 0.6 is 11.6 Å². The number of benzene rings is 2. The molecule has 1 aliphatic heterocycles. The molecule has 2 aromatic rings. The second-order valence-electron chi connectivity index (χ2n) is 7.27. The molecule has 0 aliphatic carbocycles. The third-order valence-electron chi connectivity index (χ3n) is 4.95. The number of ether oxygens (including phenoxy) is 1. The van der Waals surface area contributed by atoms with E-state index in [-0.39, 0.29) is 12.0 Å². The Labute approximate surface area is 177 Å². The third kappa shape index (κ3) is 5.72. The van der Waals surface area contributed by atoms with Crippen LogP contribution in [0.3, 0.4) is 0 Å². The summed E-state index contributed by atoms with van der Waals surface area (Å²) in [7, 11) is -1.41. The van der Waals surface area contributed by atoms with Crippen LogP contribution in [0.25, 0.3) is 0 Å². The van der Waals surface area contributed by atoms with Gasteiger partial charge in [0.25, 0.3) is 5.91 Å². The van der Waals surface area contributed by atoms with Gasteiger partial charge >= 0.3 is 0 Å². The Kier molecular flexibility index (Phi) is 6.82. The molecule has 3 rings (SSSR count). The largest absolute Gasteiger partial charge is 0.489 e.